The predicted octanol–water partition coefficient (Wildman–Crippen LogP) is 4.03. The summed E-state index contributed by atoms with van der Waals surface area (Å²) in [6.07, 6.45) is 0.826. The lowest BCUT2D eigenvalue weighted by Crippen LogP contribution is -2.29. The Bertz CT molecular complexity index is 1020. The highest BCUT2D eigenvalue weighted by Crippen LogP contribution is 2.46. The van der Waals surface area contributed by atoms with Crippen LogP contribution in [0.25, 0.3) is 0 Å². The van der Waals surface area contributed by atoms with Gasteiger partial charge in [-0.25, -0.2) is 4.39 Å². The van der Waals surface area contributed by atoms with Crippen LogP contribution in [-0.4, -0.2) is 5.78 Å². The van der Waals surface area contributed by atoms with Crippen molar-refractivity contribution < 1.29 is 13.9 Å². The van der Waals surface area contributed by atoms with Crippen molar-refractivity contribution in [2.45, 2.75) is 24.7 Å². The average molecular weight is 360 g/mol. The molecule has 27 heavy (non-hydrogen) atoms. The zero-order valence-corrected chi connectivity index (χ0v) is 14.5. The summed E-state index contributed by atoms with van der Waals surface area (Å²) < 4.78 is 19.5. The summed E-state index contributed by atoms with van der Waals surface area (Å²) in [5, 5.41) is 9.57. The van der Waals surface area contributed by atoms with Crippen LogP contribution in [0.1, 0.15) is 35.8 Å². The van der Waals surface area contributed by atoms with Crippen LogP contribution in [0.2, 0.25) is 0 Å². The van der Waals surface area contributed by atoms with Crippen molar-refractivity contribution >= 4 is 5.78 Å². The standard InChI is InChI=1S/C22H17FN2O2/c23-16-8-4-7-14(9-16)20-17(12-24)22(25)27-19-11-15(10-18(26)21(19)20)13-5-2-1-3-6-13/h1-9,15,20H,10-11,25H2/t15-,20+/m0/s1. The van der Waals surface area contributed by atoms with E-state index in [0.29, 0.717) is 29.7 Å². The molecule has 0 saturated carbocycles. The Morgan fingerprint density at radius 2 is 1.81 bits per heavy atom. The third kappa shape index (κ3) is 3.00. The van der Waals surface area contributed by atoms with Crippen molar-refractivity contribution in [1.82, 2.24) is 0 Å². The second kappa shape index (κ2) is 6.73. The minimum absolute atomic E-state index is 0.0120. The molecular weight excluding hydrogens is 343 g/mol. The Kier molecular flexibility index (Phi) is 4.25. The Hall–Kier alpha value is -3.39. The van der Waals surface area contributed by atoms with Gasteiger partial charge >= 0.3 is 0 Å². The SMILES string of the molecule is N#CC1=C(N)OC2=C(C(=O)C[C@H](c3ccccc3)C2)[C@@H]1c1cccc(F)c1. The highest BCUT2D eigenvalue weighted by molar-refractivity contribution is 6.00. The van der Waals surface area contributed by atoms with E-state index in [1.165, 1.54) is 12.1 Å². The molecule has 0 unspecified atom stereocenters. The number of carbonyl (C=O) groups is 1. The maximum atomic E-state index is 13.8. The fraction of sp³-hybridized carbons (Fsp3) is 0.182. The van der Waals surface area contributed by atoms with Crippen LogP contribution in [0.4, 0.5) is 4.39 Å². The zero-order chi connectivity index (χ0) is 19.0. The fourth-order valence-electron chi connectivity index (χ4n) is 3.89. The molecule has 134 valence electrons. The summed E-state index contributed by atoms with van der Waals surface area (Å²) in [4.78, 5) is 13.0. The highest BCUT2D eigenvalue weighted by atomic mass is 19.1. The number of halogens is 1. The van der Waals surface area contributed by atoms with E-state index in [1.54, 1.807) is 12.1 Å². The van der Waals surface area contributed by atoms with Crippen LogP contribution in [0, 0.1) is 17.1 Å². The molecule has 2 aliphatic rings. The van der Waals surface area contributed by atoms with Crippen LogP contribution >= 0.6 is 0 Å². The first-order valence-corrected chi connectivity index (χ1v) is 8.72. The van der Waals surface area contributed by atoms with E-state index in [2.05, 4.69) is 0 Å². The highest BCUT2D eigenvalue weighted by Gasteiger charge is 2.40. The summed E-state index contributed by atoms with van der Waals surface area (Å²) in [5.74, 6) is -0.777. The molecule has 0 radical (unpaired) electrons. The number of Topliss-reactive ketones (excluding diaryl/α,β-unsaturated/α-hetero) is 1. The first-order valence-electron chi connectivity index (χ1n) is 8.72. The van der Waals surface area contributed by atoms with E-state index in [1.807, 2.05) is 36.4 Å². The molecule has 0 fully saturated rings. The molecule has 2 N–H and O–H groups in total. The molecule has 0 saturated heterocycles. The van der Waals surface area contributed by atoms with Crippen molar-refractivity contribution in [3.8, 4) is 6.07 Å². The number of rotatable bonds is 2. The number of nitrogens with two attached hydrogens (primary N) is 1. The maximum Gasteiger partial charge on any atom is 0.205 e. The van der Waals surface area contributed by atoms with Crippen molar-refractivity contribution in [3.05, 3.63) is 94.3 Å². The van der Waals surface area contributed by atoms with Gasteiger partial charge in [-0.15, -0.1) is 0 Å². The molecule has 0 bridgehead atoms. The molecular formula is C22H17FN2O2. The molecule has 0 aromatic heterocycles. The number of benzene rings is 2. The van der Waals surface area contributed by atoms with Gasteiger partial charge in [-0.2, -0.15) is 5.26 Å². The Morgan fingerprint density at radius 1 is 1.07 bits per heavy atom. The zero-order valence-electron chi connectivity index (χ0n) is 14.5. The number of carbonyl (C=O) groups excluding carboxylic acids is 1. The Morgan fingerprint density at radius 3 is 2.52 bits per heavy atom. The van der Waals surface area contributed by atoms with Gasteiger partial charge in [-0.1, -0.05) is 42.5 Å². The van der Waals surface area contributed by atoms with Crippen molar-refractivity contribution in [1.29, 1.82) is 5.26 Å². The molecule has 2 atom stereocenters. The second-order valence-corrected chi connectivity index (χ2v) is 6.76. The van der Waals surface area contributed by atoms with Crippen LogP contribution in [0.5, 0.6) is 0 Å². The number of ether oxygens (including phenoxy) is 1. The van der Waals surface area contributed by atoms with Crippen LogP contribution in [-0.2, 0) is 9.53 Å². The lowest BCUT2D eigenvalue weighted by molar-refractivity contribution is -0.117. The molecule has 2 aromatic carbocycles. The minimum Gasteiger partial charge on any atom is -0.444 e. The van der Waals surface area contributed by atoms with Gasteiger partial charge in [0.05, 0.1) is 5.92 Å². The van der Waals surface area contributed by atoms with Crippen LogP contribution < -0.4 is 5.73 Å². The third-order valence-electron chi connectivity index (χ3n) is 5.11. The first kappa shape index (κ1) is 17.0. The molecule has 1 heterocycles. The Balaban J connectivity index is 1.80. The summed E-state index contributed by atoms with van der Waals surface area (Å²) in [5.41, 5.74) is 8.12. The topological polar surface area (TPSA) is 76.1 Å². The van der Waals surface area contributed by atoms with E-state index in [-0.39, 0.29) is 23.2 Å². The molecule has 1 aliphatic carbocycles. The number of nitriles is 1. The number of allylic oxidation sites excluding steroid dienone is 3. The van der Waals surface area contributed by atoms with Gasteiger partial charge in [0.1, 0.15) is 23.2 Å². The van der Waals surface area contributed by atoms with E-state index < -0.39 is 11.7 Å². The molecule has 0 spiro atoms. The smallest absolute Gasteiger partial charge is 0.205 e. The third-order valence-corrected chi connectivity index (χ3v) is 5.11. The monoisotopic (exact) mass is 360 g/mol. The summed E-state index contributed by atoms with van der Waals surface area (Å²) in [7, 11) is 0. The lowest BCUT2D eigenvalue weighted by atomic mass is 9.73. The molecule has 1 aliphatic heterocycles. The second-order valence-electron chi connectivity index (χ2n) is 6.76. The van der Waals surface area contributed by atoms with Gasteiger partial charge in [0.2, 0.25) is 5.88 Å². The number of ketones is 1. The van der Waals surface area contributed by atoms with Crippen LogP contribution in [0.15, 0.2) is 77.4 Å². The van der Waals surface area contributed by atoms with E-state index >= 15 is 0 Å². The van der Waals surface area contributed by atoms with Gasteiger partial charge < -0.3 is 10.5 Å². The number of hydrogen-bond acceptors (Lipinski definition) is 4. The number of nitrogens with zero attached hydrogens (tertiary/aromatic N) is 1. The molecule has 0 amide bonds. The minimum atomic E-state index is -0.696. The van der Waals surface area contributed by atoms with Gasteiger partial charge in [-0.05, 0) is 29.2 Å². The van der Waals surface area contributed by atoms with Crippen LogP contribution in [0.3, 0.4) is 0 Å². The summed E-state index contributed by atoms with van der Waals surface area (Å²) in [6.45, 7) is 0. The van der Waals surface area contributed by atoms with E-state index in [9.17, 15) is 14.4 Å². The lowest BCUT2D eigenvalue weighted by Gasteiger charge is -2.34. The molecule has 4 nitrogen and oxygen atoms in total. The largest absolute Gasteiger partial charge is 0.444 e. The Labute approximate surface area is 156 Å². The van der Waals surface area contributed by atoms with Gasteiger partial charge in [0, 0.05) is 18.4 Å². The van der Waals surface area contributed by atoms with Crippen molar-refractivity contribution in [2.75, 3.05) is 0 Å². The van der Waals surface area contributed by atoms with Gasteiger partial charge in [0.25, 0.3) is 0 Å². The summed E-state index contributed by atoms with van der Waals surface area (Å²) in [6, 6.07) is 17.7. The fourth-order valence-corrected chi connectivity index (χ4v) is 3.89. The summed E-state index contributed by atoms with van der Waals surface area (Å²) >= 11 is 0. The van der Waals surface area contributed by atoms with Crippen molar-refractivity contribution in [3.63, 3.8) is 0 Å². The van der Waals surface area contributed by atoms with Crippen molar-refractivity contribution in [2.24, 2.45) is 5.73 Å². The van der Waals surface area contributed by atoms with E-state index in [0.717, 1.165) is 5.56 Å². The normalized spacial score (nSPS) is 22.1. The number of hydrogen-bond donors (Lipinski definition) is 1. The van der Waals surface area contributed by atoms with E-state index in [4.69, 9.17) is 10.5 Å². The van der Waals surface area contributed by atoms with Gasteiger partial charge in [0.15, 0.2) is 5.78 Å². The molecule has 2 aromatic rings. The first-order chi connectivity index (χ1) is 13.1. The average Bonchev–Trinajstić information content (AvgIpc) is 2.67. The molecule has 4 rings (SSSR count). The quantitative estimate of drug-likeness (QED) is 0.877. The maximum absolute atomic E-state index is 13.8. The predicted molar refractivity (Wildman–Crippen MR) is 97.5 cm³/mol. The molecule has 5 heteroatoms. The van der Waals surface area contributed by atoms with Gasteiger partial charge in [-0.3, -0.25) is 4.79 Å².